The highest BCUT2D eigenvalue weighted by atomic mass is 32.1. The van der Waals surface area contributed by atoms with E-state index in [1.54, 1.807) is 0 Å². The number of fused-ring (bicyclic) bond motifs is 1. The molecule has 0 spiro atoms. The number of hydrogen-bond acceptors (Lipinski definition) is 4. The zero-order valence-electron chi connectivity index (χ0n) is 14.4. The van der Waals surface area contributed by atoms with Crippen LogP contribution in [0.2, 0.25) is 0 Å². The molecule has 130 valence electrons. The summed E-state index contributed by atoms with van der Waals surface area (Å²) in [5, 5.41) is 15.3. The minimum atomic E-state index is -0.658. The van der Waals surface area contributed by atoms with E-state index in [9.17, 15) is 5.11 Å². The van der Waals surface area contributed by atoms with Gasteiger partial charge in [0.25, 0.3) is 0 Å². The van der Waals surface area contributed by atoms with Crippen LogP contribution in [0.4, 0.5) is 0 Å². The van der Waals surface area contributed by atoms with Crippen LogP contribution in [0.3, 0.4) is 0 Å². The molecule has 0 saturated carbocycles. The first-order valence-corrected chi connectivity index (χ1v) is 9.58. The topological polar surface area (TPSA) is 41.3 Å². The van der Waals surface area contributed by atoms with Crippen molar-refractivity contribution < 1.29 is 5.11 Å². The molecule has 3 heterocycles. The Kier molecular flexibility index (Phi) is 4.70. The average Bonchev–Trinajstić information content (AvgIpc) is 3.16. The first kappa shape index (κ1) is 16.5. The van der Waals surface area contributed by atoms with E-state index in [-0.39, 0.29) is 0 Å². The Morgan fingerprint density at radius 2 is 2.00 bits per heavy atom. The van der Waals surface area contributed by atoms with Crippen molar-refractivity contribution in [3.05, 3.63) is 75.2 Å². The van der Waals surface area contributed by atoms with Crippen molar-refractivity contribution >= 4 is 11.3 Å². The van der Waals surface area contributed by atoms with Gasteiger partial charge in [0, 0.05) is 35.9 Å². The predicted molar refractivity (Wildman–Crippen MR) is 101 cm³/mol. The van der Waals surface area contributed by atoms with Crippen LogP contribution < -0.4 is 0 Å². The van der Waals surface area contributed by atoms with Crippen LogP contribution in [0.5, 0.6) is 0 Å². The summed E-state index contributed by atoms with van der Waals surface area (Å²) in [4.78, 5) is 5.25. The lowest BCUT2D eigenvalue weighted by Crippen LogP contribution is -2.22. The van der Waals surface area contributed by atoms with Crippen molar-refractivity contribution in [2.75, 3.05) is 6.54 Å². The monoisotopic (exact) mass is 353 g/mol. The van der Waals surface area contributed by atoms with Gasteiger partial charge >= 0.3 is 0 Å². The molecule has 1 N–H and O–H groups in total. The lowest BCUT2D eigenvalue weighted by atomic mass is 10.1. The largest absolute Gasteiger partial charge is 0.382 e. The van der Waals surface area contributed by atoms with E-state index in [1.165, 1.54) is 15.4 Å². The molecule has 0 fully saturated rings. The smallest absolute Gasteiger partial charge is 0.123 e. The number of aromatic nitrogens is 2. The summed E-state index contributed by atoms with van der Waals surface area (Å²) in [6.45, 7) is 6.02. The molecule has 0 unspecified atom stereocenters. The maximum absolute atomic E-state index is 10.6. The third-order valence-corrected chi connectivity index (χ3v) is 5.67. The van der Waals surface area contributed by atoms with Crippen LogP contribution in [0.25, 0.3) is 0 Å². The van der Waals surface area contributed by atoms with Gasteiger partial charge in [0.2, 0.25) is 0 Å². The fourth-order valence-electron chi connectivity index (χ4n) is 3.42. The van der Waals surface area contributed by atoms with E-state index in [4.69, 9.17) is 0 Å². The first-order chi connectivity index (χ1) is 12.2. The average molecular weight is 353 g/mol. The number of thiophene rings is 1. The van der Waals surface area contributed by atoms with Gasteiger partial charge in [-0.25, -0.2) is 0 Å². The van der Waals surface area contributed by atoms with Crippen molar-refractivity contribution in [2.45, 2.75) is 39.1 Å². The molecule has 4 rings (SSSR count). The van der Waals surface area contributed by atoms with E-state index in [2.05, 4.69) is 39.8 Å². The summed E-state index contributed by atoms with van der Waals surface area (Å²) in [5.41, 5.74) is 2.83. The molecule has 2 aromatic heterocycles. The highest BCUT2D eigenvalue weighted by Crippen LogP contribution is 2.25. The number of rotatable bonds is 4. The fraction of sp³-hybridized carbons (Fsp3) is 0.350. The van der Waals surface area contributed by atoms with Gasteiger partial charge < -0.3 is 5.11 Å². The summed E-state index contributed by atoms with van der Waals surface area (Å²) in [6.07, 6.45) is 0.425. The maximum atomic E-state index is 10.6. The molecule has 25 heavy (non-hydrogen) atoms. The summed E-state index contributed by atoms with van der Waals surface area (Å²) in [7, 11) is 0. The fourth-order valence-corrected chi connectivity index (χ4v) is 4.35. The molecular weight excluding hydrogens is 330 g/mol. The number of aliphatic hydroxyl groups excluding tert-OH is 1. The van der Waals surface area contributed by atoms with E-state index in [1.807, 2.05) is 41.7 Å². The van der Waals surface area contributed by atoms with Crippen LogP contribution >= 0.6 is 11.3 Å². The lowest BCUT2D eigenvalue weighted by Gasteiger charge is -2.18. The highest BCUT2D eigenvalue weighted by Gasteiger charge is 2.21. The second-order valence-electron chi connectivity index (χ2n) is 6.67. The summed E-state index contributed by atoms with van der Waals surface area (Å²) >= 11 is 1.87. The van der Waals surface area contributed by atoms with Crippen molar-refractivity contribution in [1.82, 2.24) is 14.7 Å². The Hall–Kier alpha value is -1.95. The Morgan fingerprint density at radius 1 is 1.16 bits per heavy atom. The van der Waals surface area contributed by atoms with Gasteiger partial charge in [0.15, 0.2) is 0 Å². The van der Waals surface area contributed by atoms with Crippen LogP contribution in [0.15, 0.2) is 48.5 Å². The first-order valence-electron chi connectivity index (χ1n) is 8.76. The van der Waals surface area contributed by atoms with Gasteiger partial charge in [-0.1, -0.05) is 30.3 Å². The van der Waals surface area contributed by atoms with Gasteiger partial charge in [-0.15, -0.1) is 11.3 Å². The quantitative estimate of drug-likeness (QED) is 0.777. The van der Waals surface area contributed by atoms with Crippen LogP contribution in [-0.4, -0.2) is 26.3 Å². The molecule has 0 radical (unpaired) electrons. The molecule has 0 amide bonds. The molecule has 1 aliphatic heterocycles. The van der Waals surface area contributed by atoms with Gasteiger partial charge in [0.05, 0.1) is 11.4 Å². The highest BCUT2D eigenvalue weighted by molar-refractivity contribution is 7.11. The SMILES string of the molecule is Cc1ccc(CN2CCCn3nc([C@@H](O)c4ccccc4)cc3C2)s1. The van der Waals surface area contributed by atoms with Gasteiger partial charge in [-0.3, -0.25) is 9.58 Å². The summed E-state index contributed by atoms with van der Waals surface area (Å²) in [5.74, 6) is 0. The van der Waals surface area contributed by atoms with E-state index in [0.29, 0.717) is 0 Å². The zero-order valence-corrected chi connectivity index (χ0v) is 15.2. The van der Waals surface area contributed by atoms with Crippen LogP contribution in [-0.2, 0) is 19.6 Å². The molecular formula is C20H23N3OS. The van der Waals surface area contributed by atoms with E-state index in [0.717, 1.165) is 43.9 Å². The van der Waals surface area contributed by atoms with Crippen LogP contribution in [0.1, 0.15) is 39.2 Å². The number of aliphatic hydroxyl groups is 1. The van der Waals surface area contributed by atoms with E-state index < -0.39 is 6.10 Å². The molecule has 1 aromatic carbocycles. The molecule has 5 heteroatoms. The van der Waals surface area contributed by atoms with Crippen molar-refractivity contribution in [1.29, 1.82) is 0 Å². The Balaban J connectivity index is 1.52. The third-order valence-electron chi connectivity index (χ3n) is 4.68. The predicted octanol–water partition coefficient (Wildman–Crippen LogP) is 3.74. The Morgan fingerprint density at radius 3 is 2.76 bits per heavy atom. The standard InChI is InChI=1S/C20H23N3OS/c1-15-8-9-18(25-15)14-22-10-5-11-23-17(13-22)12-19(21-23)20(24)16-6-3-2-4-7-16/h2-4,6-9,12,20,24H,5,10-11,13-14H2,1H3/t20-/m0/s1. The van der Waals surface area contributed by atoms with Crippen molar-refractivity contribution in [3.8, 4) is 0 Å². The van der Waals surface area contributed by atoms with E-state index >= 15 is 0 Å². The van der Waals surface area contributed by atoms with Crippen molar-refractivity contribution in [3.63, 3.8) is 0 Å². The summed E-state index contributed by atoms with van der Waals surface area (Å²) in [6, 6.07) is 16.2. The lowest BCUT2D eigenvalue weighted by molar-refractivity contribution is 0.213. The molecule has 4 nitrogen and oxygen atoms in total. The molecule has 1 aliphatic rings. The zero-order chi connectivity index (χ0) is 17.2. The van der Waals surface area contributed by atoms with Gasteiger partial charge in [-0.05, 0) is 37.1 Å². The second kappa shape index (κ2) is 7.12. The number of benzene rings is 1. The van der Waals surface area contributed by atoms with Gasteiger partial charge in [0.1, 0.15) is 6.10 Å². The maximum Gasteiger partial charge on any atom is 0.123 e. The number of aryl methyl sites for hydroxylation is 2. The normalized spacial score (nSPS) is 16.4. The minimum Gasteiger partial charge on any atom is -0.382 e. The molecule has 0 saturated heterocycles. The Labute approximate surface area is 152 Å². The summed E-state index contributed by atoms with van der Waals surface area (Å²) < 4.78 is 2.07. The second-order valence-corrected chi connectivity index (χ2v) is 8.05. The van der Waals surface area contributed by atoms with Crippen molar-refractivity contribution in [2.24, 2.45) is 0 Å². The third kappa shape index (κ3) is 3.68. The number of hydrogen-bond donors (Lipinski definition) is 1. The molecule has 3 aromatic rings. The molecule has 0 aliphatic carbocycles. The molecule has 0 bridgehead atoms. The van der Waals surface area contributed by atoms with Gasteiger partial charge in [-0.2, -0.15) is 5.10 Å². The minimum absolute atomic E-state index is 0.658. The number of nitrogens with zero attached hydrogens (tertiary/aromatic N) is 3. The molecule has 1 atom stereocenters. The van der Waals surface area contributed by atoms with Crippen LogP contribution in [0, 0.1) is 6.92 Å². The Bertz CT molecular complexity index is 840.